The summed E-state index contributed by atoms with van der Waals surface area (Å²) in [6, 6.07) is 10.5. The second-order valence-electron chi connectivity index (χ2n) is 7.28. The molecule has 1 fully saturated rings. The van der Waals surface area contributed by atoms with Gasteiger partial charge in [-0.05, 0) is 37.3 Å². The fourth-order valence-corrected chi connectivity index (χ4v) is 4.64. The molecule has 1 saturated heterocycles. The predicted molar refractivity (Wildman–Crippen MR) is 116 cm³/mol. The maximum Gasteiger partial charge on any atom is 0.215 e. The van der Waals surface area contributed by atoms with Crippen LogP contribution in [0.4, 0.5) is 9.52 Å². The van der Waals surface area contributed by atoms with Crippen molar-refractivity contribution in [2.24, 2.45) is 0 Å². The first kappa shape index (κ1) is 19.0. The van der Waals surface area contributed by atoms with Gasteiger partial charge >= 0.3 is 0 Å². The highest BCUT2D eigenvalue weighted by Crippen LogP contribution is 2.37. The monoisotopic (exact) mass is 424 g/mol. The number of hydrogen-bond donors (Lipinski definition) is 1. The molecule has 1 N–H and O–H groups in total. The van der Waals surface area contributed by atoms with Crippen molar-refractivity contribution in [3.8, 4) is 28.4 Å². The number of nitrogens with zero attached hydrogens (tertiary/aromatic N) is 5. The minimum absolute atomic E-state index is 0.278. The first-order chi connectivity index (χ1) is 14.6. The van der Waals surface area contributed by atoms with Crippen molar-refractivity contribution < 1.29 is 9.13 Å². The number of ether oxygens (including phenoxy) is 1. The van der Waals surface area contributed by atoms with E-state index < -0.39 is 0 Å². The van der Waals surface area contributed by atoms with Gasteiger partial charge in [-0.25, -0.2) is 18.9 Å². The van der Waals surface area contributed by atoms with Crippen molar-refractivity contribution >= 4 is 21.4 Å². The number of benzene rings is 1. The van der Waals surface area contributed by atoms with E-state index in [1.54, 1.807) is 36.8 Å². The second kappa shape index (κ2) is 7.66. The van der Waals surface area contributed by atoms with Crippen LogP contribution in [0.2, 0.25) is 0 Å². The van der Waals surface area contributed by atoms with Gasteiger partial charge in [0.2, 0.25) is 16.0 Å². The van der Waals surface area contributed by atoms with Gasteiger partial charge in [0, 0.05) is 49.1 Å². The number of fused-ring (bicyclic) bond motifs is 1. The second-order valence-corrected chi connectivity index (χ2v) is 8.22. The largest absolute Gasteiger partial charge is 0.481 e. The summed E-state index contributed by atoms with van der Waals surface area (Å²) in [5, 5.41) is 9.30. The number of hydrogen-bond acceptors (Lipinski definition) is 7. The van der Waals surface area contributed by atoms with E-state index >= 15 is 0 Å². The average molecular weight is 425 g/mol. The summed E-state index contributed by atoms with van der Waals surface area (Å²) in [4.78, 5) is 12.2. The minimum atomic E-state index is -0.278. The van der Waals surface area contributed by atoms with Crippen LogP contribution >= 0.6 is 11.3 Å². The number of imidazole rings is 1. The molecule has 0 radical (unpaired) electrons. The van der Waals surface area contributed by atoms with E-state index in [-0.39, 0.29) is 5.82 Å². The van der Waals surface area contributed by atoms with E-state index in [1.807, 2.05) is 16.6 Å². The van der Waals surface area contributed by atoms with Gasteiger partial charge < -0.3 is 15.0 Å². The van der Waals surface area contributed by atoms with E-state index in [0.29, 0.717) is 11.9 Å². The molecule has 4 heterocycles. The molecule has 0 spiro atoms. The zero-order chi connectivity index (χ0) is 20.7. The molecular weight excluding hydrogens is 403 g/mol. The lowest BCUT2D eigenvalue weighted by Gasteiger charge is -2.31. The third-order valence-electron chi connectivity index (χ3n) is 5.17. The van der Waals surface area contributed by atoms with Gasteiger partial charge in [0.15, 0.2) is 0 Å². The third kappa shape index (κ3) is 3.40. The molecule has 5 rings (SSSR count). The number of methoxy groups -OCH3 is 1. The van der Waals surface area contributed by atoms with Crippen molar-refractivity contribution in [3.05, 3.63) is 48.4 Å². The first-order valence-electron chi connectivity index (χ1n) is 9.76. The zero-order valence-corrected chi connectivity index (χ0v) is 17.5. The van der Waals surface area contributed by atoms with Crippen LogP contribution < -0.4 is 15.0 Å². The van der Waals surface area contributed by atoms with E-state index in [0.717, 1.165) is 52.2 Å². The number of aromatic nitrogens is 4. The van der Waals surface area contributed by atoms with Gasteiger partial charge in [0.1, 0.15) is 17.2 Å². The highest BCUT2D eigenvalue weighted by atomic mass is 32.1. The van der Waals surface area contributed by atoms with Crippen LogP contribution in [0, 0.1) is 5.82 Å². The smallest absolute Gasteiger partial charge is 0.215 e. The number of pyridine rings is 1. The lowest BCUT2D eigenvalue weighted by atomic mass is 10.1. The Morgan fingerprint density at radius 1 is 1.20 bits per heavy atom. The maximum atomic E-state index is 13.5. The number of piperazine rings is 1. The predicted octanol–water partition coefficient (Wildman–Crippen LogP) is 3.47. The molecule has 0 aliphatic carbocycles. The lowest BCUT2D eigenvalue weighted by Crippen LogP contribution is -2.49. The zero-order valence-electron chi connectivity index (χ0n) is 16.7. The van der Waals surface area contributed by atoms with Crippen LogP contribution in [0.25, 0.3) is 27.5 Å². The normalized spacial score (nSPS) is 16.9. The van der Waals surface area contributed by atoms with Crippen molar-refractivity contribution in [1.29, 1.82) is 0 Å². The Bertz CT molecular complexity index is 1190. The molecule has 0 saturated carbocycles. The van der Waals surface area contributed by atoms with Crippen LogP contribution in [0.3, 0.4) is 0 Å². The molecular formula is C21H21FN6OS. The van der Waals surface area contributed by atoms with Crippen molar-refractivity contribution in [2.45, 2.75) is 13.0 Å². The Hall–Kier alpha value is -3.04. The Balaban J connectivity index is 1.67. The summed E-state index contributed by atoms with van der Waals surface area (Å²) in [7, 11) is 1.59. The van der Waals surface area contributed by atoms with Gasteiger partial charge in [-0.2, -0.15) is 0 Å². The summed E-state index contributed by atoms with van der Waals surface area (Å²) < 4.78 is 20.7. The highest BCUT2D eigenvalue weighted by Gasteiger charge is 2.24. The van der Waals surface area contributed by atoms with Crippen molar-refractivity contribution in [2.75, 3.05) is 31.6 Å². The molecule has 1 aliphatic heterocycles. The molecule has 1 atom stereocenters. The van der Waals surface area contributed by atoms with Crippen LogP contribution in [-0.2, 0) is 0 Å². The average Bonchev–Trinajstić information content (AvgIpc) is 3.32. The molecule has 3 aromatic heterocycles. The van der Waals surface area contributed by atoms with Crippen LogP contribution in [0.5, 0.6) is 5.88 Å². The SMILES string of the molecule is COc1cc(-c2c(-c3ccc(F)cc3)nc3sc(N4CCN[C@H](C)C4)nn23)ccn1. The quantitative estimate of drug-likeness (QED) is 0.541. The van der Waals surface area contributed by atoms with Gasteiger partial charge in [-0.1, -0.05) is 11.3 Å². The van der Waals surface area contributed by atoms with Crippen LogP contribution in [-0.4, -0.2) is 52.4 Å². The highest BCUT2D eigenvalue weighted by molar-refractivity contribution is 7.20. The summed E-state index contributed by atoms with van der Waals surface area (Å²) in [5.41, 5.74) is 3.31. The molecule has 0 unspecified atom stereocenters. The fraction of sp³-hybridized carbons (Fsp3) is 0.286. The molecule has 1 aromatic carbocycles. The molecule has 154 valence electrons. The van der Waals surface area contributed by atoms with Crippen molar-refractivity contribution in [3.63, 3.8) is 0 Å². The lowest BCUT2D eigenvalue weighted by molar-refractivity contribution is 0.398. The van der Waals surface area contributed by atoms with E-state index in [2.05, 4.69) is 22.1 Å². The van der Waals surface area contributed by atoms with Gasteiger partial charge in [0.25, 0.3) is 0 Å². The number of nitrogens with one attached hydrogen (secondary N) is 1. The molecule has 7 nitrogen and oxygen atoms in total. The Kier molecular flexibility index (Phi) is 4.84. The minimum Gasteiger partial charge on any atom is -0.481 e. The molecule has 30 heavy (non-hydrogen) atoms. The van der Waals surface area contributed by atoms with Gasteiger partial charge in [-0.15, -0.1) is 5.10 Å². The van der Waals surface area contributed by atoms with E-state index in [9.17, 15) is 4.39 Å². The number of anilines is 1. The first-order valence-corrected chi connectivity index (χ1v) is 10.6. The Labute approximate surface area is 177 Å². The number of rotatable bonds is 4. The molecule has 0 bridgehead atoms. The van der Waals surface area contributed by atoms with Crippen molar-refractivity contribution in [1.82, 2.24) is 24.9 Å². The van der Waals surface area contributed by atoms with E-state index in [4.69, 9.17) is 14.8 Å². The molecule has 9 heteroatoms. The Morgan fingerprint density at radius 2 is 2.03 bits per heavy atom. The summed E-state index contributed by atoms with van der Waals surface area (Å²) in [5.74, 6) is 0.235. The number of halogens is 1. The molecule has 4 aromatic rings. The maximum absolute atomic E-state index is 13.5. The topological polar surface area (TPSA) is 67.6 Å². The molecule has 0 amide bonds. The Morgan fingerprint density at radius 3 is 2.80 bits per heavy atom. The van der Waals surface area contributed by atoms with Gasteiger partial charge in [0.05, 0.1) is 7.11 Å². The fourth-order valence-electron chi connectivity index (χ4n) is 3.71. The molecule has 1 aliphatic rings. The standard InChI is InChI=1S/C21H21FN6OS/c1-13-12-27(10-9-23-13)21-26-28-19(15-7-8-24-17(11-15)29-2)18(25-20(28)30-21)14-3-5-16(22)6-4-14/h3-8,11,13,23H,9-10,12H2,1-2H3/t13-/m1/s1. The summed E-state index contributed by atoms with van der Waals surface area (Å²) in [6.07, 6.45) is 1.70. The van der Waals surface area contributed by atoms with E-state index in [1.165, 1.54) is 12.1 Å². The van der Waals surface area contributed by atoms with Gasteiger partial charge in [-0.3, -0.25) is 0 Å². The third-order valence-corrected chi connectivity index (χ3v) is 6.14. The summed E-state index contributed by atoms with van der Waals surface area (Å²) in [6.45, 7) is 4.91. The van der Waals surface area contributed by atoms with Crippen LogP contribution in [0.15, 0.2) is 42.6 Å². The summed E-state index contributed by atoms with van der Waals surface area (Å²) >= 11 is 1.56. The van der Waals surface area contributed by atoms with Crippen LogP contribution in [0.1, 0.15) is 6.92 Å².